The highest BCUT2D eigenvalue weighted by Gasteiger charge is 2.28. The summed E-state index contributed by atoms with van der Waals surface area (Å²) in [5.74, 6) is 2.92. The minimum Gasteiger partial charge on any atom is -0.379 e. The fourth-order valence-corrected chi connectivity index (χ4v) is 6.84. The molecule has 6 rings (SSSR count). The standard InChI is InChI=1S/C26H33N5OS/c1-19-7-8-21-22(17-19)33-26-24(21)25(27-23(28-26)18-29-13-15-32-16-14-29)31-11-9-30(10-12-31)20-5-3-2-4-6-20/h2-6,19H,7-18H2,1H3. The largest absolute Gasteiger partial charge is 0.379 e. The first kappa shape index (κ1) is 21.3. The number of hydrogen-bond acceptors (Lipinski definition) is 7. The lowest BCUT2D eigenvalue weighted by molar-refractivity contribution is 0.0331. The molecule has 1 aliphatic carbocycles. The fraction of sp³-hybridized carbons (Fsp3) is 0.538. The van der Waals surface area contributed by atoms with Gasteiger partial charge in [-0.15, -0.1) is 11.3 Å². The molecule has 0 N–H and O–H groups in total. The van der Waals surface area contributed by atoms with E-state index in [9.17, 15) is 0 Å². The van der Waals surface area contributed by atoms with Gasteiger partial charge in [-0.3, -0.25) is 4.90 Å². The van der Waals surface area contributed by atoms with Crippen molar-refractivity contribution in [2.75, 3.05) is 62.3 Å². The van der Waals surface area contributed by atoms with Crippen LogP contribution in [0.25, 0.3) is 10.2 Å². The minimum absolute atomic E-state index is 0.768. The van der Waals surface area contributed by atoms with Crippen molar-refractivity contribution < 1.29 is 4.74 Å². The third-order valence-corrected chi connectivity index (χ3v) is 8.50. The van der Waals surface area contributed by atoms with Gasteiger partial charge in [0.15, 0.2) is 0 Å². The van der Waals surface area contributed by atoms with Crippen LogP contribution >= 0.6 is 11.3 Å². The van der Waals surface area contributed by atoms with Crippen LogP contribution in [0.3, 0.4) is 0 Å². The molecule has 0 saturated carbocycles. The number of ether oxygens (including phenoxy) is 1. The van der Waals surface area contributed by atoms with E-state index in [0.29, 0.717) is 0 Å². The second-order valence-corrected chi connectivity index (χ2v) is 10.8. The molecule has 6 nitrogen and oxygen atoms in total. The average Bonchev–Trinajstić information content (AvgIpc) is 3.22. The second-order valence-electron chi connectivity index (χ2n) is 9.69. The molecule has 174 valence electrons. The van der Waals surface area contributed by atoms with Crippen LogP contribution in [0, 0.1) is 5.92 Å². The minimum atomic E-state index is 0.768. The molecule has 1 aromatic carbocycles. The number of para-hydroxylation sites is 1. The summed E-state index contributed by atoms with van der Waals surface area (Å²) in [5, 5.41) is 1.35. The zero-order valence-electron chi connectivity index (χ0n) is 19.5. The Morgan fingerprint density at radius 3 is 2.52 bits per heavy atom. The zero-order chi connectivity index (χ0) is 22.2. The average molecular weight is 464 g/mol. The van der Waals surface area contributed by atoms with Gasteiger partial charge >= 0.3 is 0 Å². The molecular formula is C26H33N5OS. The predicted octanol–water partition coefficient (Wildman–Crippen LogP) is 3.97. The Bertz CT molecular complexity index is 1100. The summed E-state index contributed by atoms with van der Waals surface area (Å²) in [7, 11) is 0. The summed E-state index contributed by atoms with van der Waals surface area (Å²) in [5.41, 5.74) is 2.85. The molecular weight excluding hydrogens is 430 g/mol. The summed E-state index contributed by atoms with van der Waals surface area (Å²) in [6.45, 7) is 10.8. The number of anilines is 2. The van der Waals surface area contributed by atoms with Crippen molar-refractivity contribution in [3.63, 3.8) is 0 Å². The Morgan fingerprint density at radius 2 is 1.73 bits per heavy atom. The molecule has 0 radical (unpaired) electrons. The number of benzene rings is 1. The molecule has 2 fully saturated rings. The van der Waals surface area contributed by atoms with Gasteiger partial charge in [0.05, 0.1) is 25.1 Å². The third-order valence-electron chi connectivity index (χ3n) is 7.35. The number of aromatic nitrogens is 2. The molecule has 0 spiro atoms. The van der Waals surface area contributed by atoms with Crippen molar-refractivity contribution in [2.24, 2.45) is 5.92 Å². The molecule has 2 saturated heterocycles. The van der Waals surface area contributed by atoms with E-state index in [-0.39, 0.29) is 0 Å². The Kier molecular flexibility index (Phi) is 5.94. The lowest BCUT2D eigenvalue weighted by atomic mass is 9.89. The molecule has 2 aliphatic heterocycles. The maximum absolute atomic E-state index is 5.54. The number of morpholine rings is 1. The molecule has 3 aliphatic rings. The van der Waals surface area contributed by atoms with Crippen molar-refractivity contribution in [3.05, 3.63) is 46.6 Å². The van der Waals surface area contributed by atoms with Crippen LogP contribution in [0.4, 0.5) is 11.5 Å². The van der Waals surface area contributed by atoms with Crippen LogP contribution in [-0.2, 0) is 24.1 Å². The van der Waals surface area contributed by atoms with Crippen molar-refractivity contribution in [2.45, 2.75) is 32.7 Å². The second kappa shape index (κ2) is 9.20. The molecule has 33 heavy (non-hydrogen) atoms. The van der Waals surface area contributed by atoms with E-state index in [1.807, 2.05) is 11.3 Å². The highest BCUT2D eigenvalue weighted by atomic mass is 32.1. The van der Waals surface area contributed by atoms with Crippen molar-refractivity contribution >= 4 is 33.1 Å². The monoisotopic (exact) mass is 463 g/mol. The van der Waals surface area contributed by atoms with E-state index >= 15 is 0 Å². The summed E-state index contributed by atoms with van der Waals surface area (Å²) in [6, 6.07) is 10.8. The first-order valence-corrected chi connectivity index (χ1v) is 13.2. The van der Waals surface area contributed by atoms with E-state index in [2.05, 4.69) is 52.0 Å². The van der Waals surface area contributed by atoms with Crippen LogP contribution in [-0.4, -0.2) is 67.4 Å². The van der Waals surface area contributed by atoms with Crippen molar-refractivity contribution in [1.29, 1.82) is 0 Å². The van der Waals surface area contributed by atoms with Crippen LogP contribution in [0.2, 0.25) is 0 Å². The summed E-state index contributed by atoms with van der Waals surface area (Å²) >= 11 is 1.92. The van der Waals surface area contributed by atoms with Gasteiger partial charge in [-0.05, 0) is 42.9 Å². The molecule has 1 unspecified atom stereocenters. The maximum Gasteiger partial charge on any atom is 0.146 e. The van der Waals surface area contributed by atoms with Gasteiger partial charge in [0.1, 0.15) is 16.5 Å². The Morgan fingerprint density at radius 1 is 0.970 bits per heavy atom. The highest BCUT2D eigenvalue weighted by molar-refractivity contribution is 7.19. The number of fused-ring (bicyclic) bond motifs is 3. The van der Waals surface area contributed by atoms with E-state index in [0.717, 1.165) is 70.8 Å². The van der Waals surface area contributed by atoms with E-state index < -0.39 is 0 Å². The van der Waals surface area contributed by atoms with Gasteiger partial charge < -0.3 is 14.5 Å². The van der Waals surface area contributed by atoms with Gasteiger partial charge in [-0.25, -0.2) is 9.97 Å². The normalized spacial score (nSPS) is 22.0. The Hall–Kier alpha value is -2.22. The number of thiophene rings is 1. The smallest absolute Gasteiger partial charge is 0.146 e. The summed E-state index contributed by atoms with van der Waals surface area (Å²) in [6.07, 6.45) is 3.63. The van der Waals surface area contributed by atoms with Crippen LogP contribution in [0.1, 0.15) is 29.6 Å². The van der Waals surface area contributed by atoms with Gasteiger partial charge in [0, 0.05) is 49.8 Å². The van der Waals surface area contributed by atoms with Crippen LogP contribution in [0.5, 0.6) is 0 Å². The third kappa shape index (κ3) is 4.34. The SMILES string of the molecule is CC1CCc2c(sc3nc(CN4CCOCC4)nc(N4CCN(c5ccccc5)CC4)c23)C1. The van der Waals surface area contributed by atoms with E-state index in [1.54, 1.807) is 4.88 Å². The first-order valence-electron chi connectivity index (χ1n) is 12.4. The van der Waals surface area contributed by atoms with E-state index in [4.69, 9.17) is 14.7 Å². The lowest BCUT2D eigenvalue weighted by Gasteiger charge is -2.37. The van der Waals surface area contributed by atoms with Crippen LogP contribution in [0.15, 0.2) is 30.3 Å². The Labute approximate surface area is 200 Å². The lowest BCUT2D eigenvalue weighted by Crippen LogP contribution is -2.47. The van der Waals surface area contributed by atoms with Gasteiger partial charge in [0.25, 0.3) is 0 Å². The molecule has 0 bridgehead atoms. The number of nitrogens with zero attached hydrogens (tertiary/aromatic N) is 5. The molecule has 1 atom stereocenters. The molecule has 7 heteroatoms. The maximum atomic E-state index is 5.54. The molecule has 3 aromatic rings. The first-order chi connectivity index (χ1) is 16.2. The number of aryl methyl sites for hydroxylation is 1. The van der Waals surface area contributed by atoms with Gasteiger partial charge in [-0.2, -0.15) is 0 Å². The van der Waals surface area contributed by atoms with E-state index in [1.165, 1.54) is 46.5 Å². The summed E-state index contributed by atoms with van der Waals surface area (Å²) in [4.78, 5) is 20.5. The molecule has 4 heterocycles. The quantitative estimate of drug-likeness (QED) is 0.583. The highest BCUT2D eigenvalue weighted by Crippen LogP contribution is 2.41. The van der Waals surface area contributed by atoms with Crippen molar-refractivity contribution in [3.8, 4) is 0 Å². The fourth-order valence-electron chi connectivity index (χ4n) is 5.44. The molecule has 2 aromatic heterocycles. The van der Waals surface area contributed by atoms with Gasteiger partial charge in [0.2, 0.25) is 0 Å². The molecule has 0 amide bonds. The number of hydrogen-bond donors (Lipinski definition) is 0. The van der Waals surface area contributed by atoms with Gasteiger partial charge in [-0.1, -0.05) is 25.1 Å². The Balaban J connectivity index is 1.32. The predicted molar refractivity (Wildman–Crippen MR) is 136 cm³/mol. The number of rotatable bonds is 4. The van der Waals surface area contributed by atoms with Crippen LogP contribution < -0.4 is 9.80 Å². The van der Waals surface area contributed by atoms with Crippen molar-refractivity contribution in [1.82, 2.24) is 14.9 Å². The zero-order valence-corrected chi connectivity index (χ0v) is 20.3. The number of piperazine rings is 1. The summed E-state index contributed by atoms with van der Waals surface area (Å²) < 4.78 is 5.54. The topological polar surface area (TPSA) is 44.7 Å².